The summed E-state index contributed by atoms with van der Waals surface area (Å²) in [5.74, 6) is -0.432. The molecule has 1 aliphatic rings. The van der Waals surface area contributed by atoms with Crippen LogP contribution < -0.4 is 10.1 Å². The van der Waals surface area contributed by atoms with E-state index in [2.05, 4.69) is 5.32 Å². The van der Waals surface area contributed by atoms with E-state index >= 15 is 0 Å². The molecule has 0 unspecified atom stereocenters. The molecule has 192 valence electrons. The number of carbonyl (C=O) groups is 3. The Hall–Kier alpha value is -3.93. The van der Waals surface area contributed by atoms with E-state index in [1.807, 2.05) is 55.5 Å². The van der Waals surface area contributed by atoms with Crippen LogP contribution in [-0.4, -0.2) is 35.4 Å². The fourth-order valence-corrected chi connectivity index (χ4v) is 4.78. The molecule has 1 saturated carbocycles. The number of aryl methyl sites for hydroxylation is 1. The summed E-state index contributed by atoms with van der Waals surface area (Å²) in [5.41, 5.74) is 4.47. The molecule has 0 heterocycles. The van der Waals surface area contributed by atoms with Crippen LogP contribution in [0.3, 0.4) is 0 Å². The summed E-state index contributed by atoms with van der Waals surface area (Å²) in [6, 6.07) is 22.9. The molecule has 1 aliphatic carbocycles. The first kappa shape index (κ1) is 26.1. The molecule has 0 aliphatic heterocycles. The van der Waals surface area contributed by atoms with Gasteiger partial charge in [0, 0.05) is 24.1 Å². The monoisotopic (exact) mass is 499 g/mol. The largest absolute Gasteiger partial charge is 0.490 e. The molecular weight excluding hydrogens is 466 g/mol. The standard InChI is InChI=1S/C31H33NO5/c1-21-20-25(13-18-28(21)22-6-3-2-4-7-22)30(34)32-19-5-8-29(33)23-9-14-26(15-10-23)37-27-16-11-24(12-17-27)31(35)36/h2-4,6-7,9-10,13-15,18,20,24,27H,5,8,11-12,16-17,19H2,1H3,(H,32,34)(H,35,36). The summed E-state index contributed by atoms with van der Waals surface area (Å²) in [6.07, 6.45) is 3.61. The van der Waals surface area contributed by atoms with Crippen molar-refractivity contribution in [2.75, 3.05) is 6.54 Å². The summed E-state index contributed by atoms with van der Waals surface area (Å²) in [6.45, 7) is 2.42. The van der Waals surface area contributed by atoms with Crippen LogP contribution in [-0.2, 0) is 4.79 Å². The van der Waals surface area contributed by atoms with Crippen LogP contribution in [0.15, 0.2) is 72.8 Å². The third-order valence-electron chi connectivity index (χ3n) is 6.94. The normalized spacial score (nSPS) is 17.1. The van der Waals surface area contributed by atoms with Gasteiger partial charge in [-0.25, -0.2) is 0 Å². The van der Waals surface area contributed by atoms with Crippen molar-refractivity contribution in [2.24, 2.45) is 5.92 Å². The van der Waals surface area contributed by atoms with Crippen molar-refractivity contribution in [3.8, 4) is 16.9 Å². The van der Waals surface area contributed by atoms with Gasteiger partial charge >= 0.3 is 5.97 Å². The van der Waals surface area contributed by atoms with E-state index in [4.69, 9.17) is 9.84 Å². The van der Waals surface area contributed by atoms with Gasteiger partial charge in [-0.2, -0.15) is 0 Å². The van der Waals surface area contributed by atoms with Crippen molar-refractivity contribution >= 4 is 17.7 Å². The van der Waals surface area contributed by atoms with Gasteiger partial charge in [-0.05, 0) is 92.1 Å². The second-order valence-electron chi connectivity index (χ2n) is 9.63. The lowest BCUT2D eigenvalue weighted by molar-refractivity contribution is -0.143. The third-order valence-corrected chi connectivity index (χ3v) is 6.94. The molecule has 4 rings (SSSR count). The molecule has 0 bridgehead atoms. The zero-order valence-corrected chi connectivity index (χ0v) is 21.1. The first-order valence-electron chi connectivity index (χ1n) is 12.9. The maximum atomic E-state index is 12.6. The Morgan fingerprint density at radius 3 is 2.22 bits per heavy atom. The fourth-order valence-electron chi connectivity index (χ4n) is 4.78. The van der Waals surface area contributed by atoms with Crippen molar-refractivity contribution < 1.29 is 24.2 Å². The average Bonchev–Trinajstić information content (AvgIpc) is 2.92. The fraction of sp³-hybridized carbons (Fsp3) is 0.323. The lowest BCUT2D eigenvalue weighted by Crippen LogP contribution is -2.27. The molecule has 2 N–H and O–H groups in total. The van der Waals surface area contributed by atoms with E-state index in [1.54, 1.807) is 24.3 Å². The summed E-state index contributed by atoms with van der Waals surface area (Å²) in [4.78, 5) is 36.2. The van der Waals surface area contributed by atoms with Crippen LogP contribution in [0, 0.1) is 12.8 Å². The van der Waals surface area contributed by atoms with Crippen molar-refractivity contribution in [1.29, 1.82) is 0 Å². The number of rotatable bonds is 10. The topological polar surface area (TPSA) is 92.7 Å². The van der Waals surface area contributed by atoms with Gasteiger partial charge in [0.1, 0.15) is 5.75 Å². The van der Waals surface area contributed by atoms with E-state index in [9.17, 15) is 14.4 Å². The second-order valence-corrected chi connectivity index (χ2v) is 9.63. The SMILES string of the molecule is Cc1cc(C(=O)NCCCC(=O)c2ccc(OC3CCC(C(=O)O)CC3)cc2)ccc1-c1ccccc1. The Bertz CT molecular complexity index is 1230. The number of carboxylic acid groups (broad SMARTS) is 1. The Labute approximate surface area is 217 Å². The summed E-state index contributed by atoms with van der Waals surface area (Å²) in [5, 5.41) is 12.0. The minimum Gasteiger partial charge on any atom is -0.490 e. The molecule has 0 radical (unpaired) electrons. The van der Waals surface area contributed by atoms with Crippen molar-refractivity contribution in [1.82, 2.24) is 5.32 Å². The number of hydrogen-bond acceptors (Lipinski definition) is 4. The highest BCUT2D eigenvalue weighted by Gasteiger charge is 2.26. The van der Waals surface area contributed by atoms with Crippen LogP contribution in [0.5, 0.6) is 5.75 Å². The van der Waals surface area contributed by atoms with Crippen molar-refractivity contribution in [3.05, 3.63) is 89.5 Å². The number of aliphatic carboxylic acids is 1. The molecule has 0 atom stereocenters. The first-order chi connectivity index (χ1) is 17.9. The lowest BCUT2D eigenvalue weighted by Gasteiger charge is -2.26. The third kappa shape index (κ3) is 7.06. The predicted octanol–water partition coefficient (Wildman–Crippen LogP) is 6.08. The Kier molecular flexibility index (Phi) is 8.72. The highest BCUT2D eigenvalue weighted by Crippen LogP contribution is 2.28. The molecule has 0 aromatic heterocycles. The van der Waals surface area contributed by atoms with Crippen LogP contribution >= 0.6 is 0 Å². The quantitative estimate of drug-likeness (QED) is 0.261. The zero-order chi connectivity index (χ0) is 26.2. The lowest BCUT2D eigenvalue weighted by atomic mass is 9.87. The number of carboxylic acids is 1. The smallest absolute Gasteiger partial charge is 0.306 e. The van der Waals surface area contributed by atoms with Gasteiger partial charge in [0.15, 0.2) is 5.78 Å². The Morgan fingerprint density at radius 1 is 0.892 bits per heavy atom. The van der Waals surface area contributed by atoms with E-state index in [1.165, 1.54) is 0 Å². The first-order valence-corrected chi connectivity index (χ1v) is 12.9. The maximum absolute atomic E-state index is 12.6. The number of ether oxygens (including phenoxy) is 1. The van der Waals surface area contributed by atoms with Gasteiger partial charge in [0.05, 0.1) is 12.0 Å². The number of nitrogens with one attached hydrogen (secondary N) is 1. The molecule has 0 spiro atoms. The van der Waals surface area contributed by atoms with Gasteiger partial charge in [-0.15, -0.1) is 0 Å². The molecule has 1 fully saturated rings. The number of hydrogen-bond donors (Lipinski definition) is 2. The maximum Gasteiger partial charge on any atom is 0.306 e. The molecule has 3 aromatic rings. The minimum atomic E-state index is -0.728. The Balaban J connectivity index is 1.20. The highest BCUT2D eigenvalue weighted by atomic mass is 16.5. The Morgan fingerprint density at radius 2 is 1.57 bits per heavy atom. The zero-order valence-electron chi connectivity index (χ0n) is 21.1. The molecule has 3 aromatic carbocycles. The van der Waals surface area contributed by atoms with E-state index < -0.39 is 5.97 Å². The number of amides is 1. The summed E-state index contributed by atoms with van der Waals surface area (Å²) >= 11 is 0. The highest BCUT2D eigenvalue weighted by molar-refractivity contribution is 5.96. The van der Waals surface area contributed by atoms with E-state index in [0.29, 0.717) is 49.1 Å². The number of carbonyl (C=O) groups excluding carboxylic acids is 2. The molecule has 1 amide bonds. The van der Waals surface area contributed by atoms with Crippen LogP contribution in [0.2, 0.25) is 0 Å². The molecule has 6 nitrogen and oxygen atoms in total. The van der Waals surface area contributed by atoms with Crippen LogP contribution in [0.4, 0.5) is 0 Å². The number of benzene rings is 3. The number of Topliss-reactive ketones (excluding diaryl/α,β-unsaturated/α-hetero) is 1. The molecule has 6 heteroatoms. The number of ketones is 1. The van der Waals surface area contributed by atoms with E-state index in [0.717, 1.165) is 29.5 Å². The molecule has 37 heavy (non-hydrogen) atoms. The summed E-state index contributed by atoms with van der Waals surface area (Å²) < 4.78 is 5.97. The van der Waals surface area contributed by atoms with Crippen molar-refractivity contribution in [2.45, 2.75) is 51.6 Å². The van der Waals surface area contributed by atoms with Crippen molar-refractivity contribution in [3.63, 3.8) is 0 Å². The van der Waals surface area contributed by atoms with Crippen LogP contribution in [0.25, 0.3) is 11.1 Å². The average molecular weight is 500 g/mol. The summed E-state index contributed by atoms with van der Waals surface area (Å²) in [7, 11) is 0. The predicted molar refractivity (Wildman–Crippen MR) is 143 cm³/mol. The molecular formula is C31H33NO5. The molecule has 0 saturated heterocycles. The van der Waals surface area contributed by atoms with Crippen LogP contribution in [0.1, 0.15) is 64.8 Å². The van der Waals surface area contributed by atoms with Gasteiger partial charge in [-0.1, -0.05) is 36.4 Å². The minimum absolute atomic E-state index is 0.0130. The van der Waals surface area contributed by atoms with E-state index in [-0.39, 0.29) is 23.7 Å². The second kappa shape index (κ2) is 12.3. The van der Waals surface area contributed by atoms with Gasteiger partial charge in [0.25, 0.3) is 5.91 Å². The van der Waals surface area contributed by atoms with Gasteiger partial charge in [0.2, 0.25) is 0 Å². The van der Waals surface area contributed by atoms with Gasteiger partial charge in [-0.3, -0.25) is 14.4 Å². The van der Waals surface area contributed by atoms with Gasteiger partial charge < -0.3 is 15.2 Å².